The first-order valence-electron chi connectivity index (χ1n) is 10.5. The van der Waals surface area contributed by atoms with Gasteiger partial charge in [0, 0.05) is 66.5 Å². The lowest BCUT2D eigenvalue weighted by atomic mass is 10.1. The highest BCUT2D eigenvalue weighted by atomic mass is 35.5. The fourth-order valence-corrected chi connectivity index (χ4v) is 3.96. The number of benzene rings is 2. The molecule has 0 amide bonds. The van der Waals surface area contributed by atoms with Crippen molar-refractivity contribution < 1.29 is 4.39 Å². The summed E-state index contributed by atoms with van der Waals surface area (Å²) in [5.74, 6) is 1.30. The molecule has 3 heterocycles. The summed E-state index contributed by atoms with van der Waals surface area (Å²) in [4.78, 5) is 18.4. The minimum absolute atomic E-state index is 0.217. The third-order valence-corrected chi connectivity index (χ3v) is 5.82. The molecule has 4 aromatic rings. The van der Waals surface area contributed by atoms with Crippen molar-refractivity contribution in [3.63, 3.8) is 0 Å². The minimum Gasteiger partial charge on any atom is -0.368 e. The van der Waals surface area contributed by atoms with Gasteiger partial charge in [0.2, 0.25) is 0 Å². The zero-order valence-electron chi connectivity index (χ0n) is 17.3. The molecule has 32 heavy (non-hydrogen) atoms. The average Bonchev–Trinajstić information content (AvgIpc) is 2.85. The van der Waals surface area contributed by atoms with E-state index in [-0.39, 0.29) is 5.82 Å². The summed E-state index contributed by atoms with van der Waals surface area (Å²) >= 11 is 6.08. The quantitative estimate of drug-likeness (QED) is 0.425. The van der Waals surface area contributed by atoms with E-state index in [1.807, 2.05) is 54.6 Å². The Labute approximate surface area is 191 Å². The predicted octanol–water partition coefficient (Wildman–Crippen LogP) is 5.32. The number of hydrogen-bond acceptors (Lipinski definition) is 5. The molecule has 0 saturated carbocycles. The van der Waals surface area contributed by atoms with E-state index < -0.39 is 0 Å². The summed E-state index contributed by atoms with van der Waals surface area (Å²) in [5, 5.41) is 0.687. The fourth-order valence-electron chi connectivity index (χ4n) is 3.83. The molecule has 1 saturated heterocycles. The van der Waals surface area contributed by atoms with Gasteiger partial charge in [-0.2, -0.15) is 0 Å². The molecule has 0 N–H and O–H groups in total. The van der Waals surface area contributed by atoms with Crippen LogP contribution in [0.2, 0.25) is 5.02 Å². The molecule has 2 aromatic carbocycles. The van der Waals surface area contributed by atoms with Crippen LogP contribution in [0.1, 0.15) is 0 Å². The van der Waals surface area contributed by atoms with E-state index in [1.54, 1.807) is 12.4 Å². The molecule has 0 bridgehead atoms. The van der Waals surface area contributed by atoms with Crippen molar-refractivity contribution in [3.05, 3.63) is 90.0 Å². The van der Waals surface area contributed by atoms with Gasteiger partial charge >= 0.3 is 0 Å². The average molecular weight is 446 g/mol. The van der Waals surface area contributed by atoms with Crippen LogP contribution in [0, 0.1) is 5.82 Å². The molecule has 1 aliphatic heterocycles. The maximum atomic E-state index is 13.3. The Morgan fingerprint density at radius 1 is 0.781 bits per heavy atom. The Morgan fingerprint density at radius 2 is 1.50 bits per heavy atom. The summed E-state index contributed by atoms with van der Waals surface area (Å²) in [6.07, 6.45) is 3.51. The Hall–Kier alpha value is -3.51. The number of hydrogen-bond donors (Lipinski definition) is 0. The number of nitrogens with zero attached hydrogens (tertiary/aromatic N) is 5. The molecule has 0 radical (unpaired) electrons. The first kappa shape index (κ1) is 20.4. The van der Waals surface area contributed by atoms with Crippen LogP contribution in [0.25, 0.3) is 22.6 Å². The van der Waals surface area contributed by atoms with E-state index in [4.69, 9.17) is 21.6 Å². The molecular formula is C25H21ClFN5. The molecule has 0 spiro atoms. The van der Waals surface area contributed by atoms with Crippen LogP contribution >= 0.6 is 11.6 Å². The SMILES string of the molecule is Fc1ccc(N2CCN(c3cc(-c4ccc(Cl)cc4)nc(-c4cccnc4)n3)CC2)cc1. The first-order chi connectivity index (χ1) is 15.7. The van der Waals surface area contributed by atoms with Crippen LogP contribution in [0.5, 0.6) is 0 Å². The summed E-state index contributed by atoms with van der Waals surface area (Å²) in [6, 6.07) is 20.2. The smallest absolute Gasteiger partial charge is 0.163 e. The summed E-state index contributed by atoms with van der Waals surface area (Å²) < 4.78 is 13.3. The molecule has 1 aliphatic rings. The molecule has 2 aromatic heterocycles. The van der Waals surface area contributed by atoms with Gasteiger partial charge in [-0.15, -0.1) is 0 Å². The van der Waals surface area contributed by atoms with Gasteiger partial charge in [0.1, 0.15) is 11.6 Å². The van der Waals surface area contributed by atoms with Crippen LogP contribution in [0.3, 0.4) is 0 Å². The van der Waals surface area contributed by atoms with Gasteiger partial charge in [-0.3, -0.25) is 4.98 Å². The monoisotopic (exact) mass is 445 g/mol. The van der Waals surface area contributed by atoms with E-state index in [2.05, 4.69) is 14.8 Å². The largest absolute Gasteiger partial charge is 0.368 e. The molecule has 0 unspecified atom stereocenters. The second-order valence-corrected chi connectivity index (χ2v) is 8.07. The highest BCUT2D eigenvalue weighted by Crippen LogP contribution is 2.28. The third-order valence-electron chi connectivity index (χ3n) is 5.57. The number of pyridine rings is 1. The van der Waals surface area contributed by atoms with E-state index in [9.17, 15) is 4.39 Å². The normalized spacial score (nSPS) is 13.9. The van der Waals surface area contributed by atoms with Crippen LogP contribution in [-0.4, -0.2) is 41.1 Å². The van der Waals surface area contributed by atoms with E-state index in [0.717, 1.165) is 54.5 Å². The fraction of sp³-hybridized carbons (Fsp3) is 0.160. The number of halogens is 2. The zero-order chi connectivity index (χ0) is 21.9. The number of rotatable bonds is 4. The van der Waals surface area contributed by atoms with Crippen LogP contribution in [0.15, 0.2) is 79.1 Å². The van der Waals surface area contributed by atoms with Crippen molar-refractivity contribution in [2.24, 2.45) is 0 Å². The summed E-state index contributed by atoms with van der Waals surface area (Å²) in [6.45, 7) is 3.27. The lowest BCUT2D eigenvalue weighted by Gasteiger charge is -2.37. The summed E-state index contributed by atoms with van der Waals surface area (Å²) in [7, 11) is 0. The van der Waals surface area contributed by atoms with Crippen molar-refractivity contribution in [1.29, 1.82) is 0 Å². The van der Waals surface area contributed by atoms with Gasteiger partial charge in [-0.1, -0.05) is 23.7 Å². The van der Waals surface area contributed by atoms with Crippen LogP contribution in [0.4, 0.5) is 15.9 Å². The molecule has 5 rings (SSSR count). The second kappa shape index (κ2) is 8.93. The lowest BCUT2D eigenvalue weighted by Crippen LogP contribution is -2.46. The standard InChI is InChI=1S/C25H21ClFN5/c26-20-5-3-18(4-6-20)23-16-24(30-25(29-23)19-2-1-11-28-17-19)32-14-12-31(13-15-32)22-9-7-21(27)8-10-22/h1-11,16-17H,12-15H2. The highest BCUT2D eigenvalue weighted by Gasteiger charge is 2.20. The minimum atomic E-state index is -0.217. The van der Waals surface area contributed by atoms with E-state index in [0.29, 0.717) is 10.8 Å². The van der Waals surface area contributed by atoms with Gasteiger partial charge in [-0.05, 0) is 48.5 Å². The lowest BCUT2D eigenvalue weighted by molar-refractivity contribution is 0.624. The Kier molecular flexibility index (Phi) is 5.69. The Balaban J connectivity index is 1.44. The zero-order valence-corrected chi connectivity index (χ0v) is 18.1. The van der Waals surface area contributed by atoms with Crippen molar-refractivity contribution in [2.75, 3.05) is 36.0 Å². The predicted molar refractivity (Wildman–Crippen MR) is 127 cm³/mol. The molecular weight excluding hydrogens is 425 g/mol. The Bertz CT molecular complexity index is 1190. The molecule has 160 valence electrons. The molecule has 1 fully saturated rings. The number of aromatic nitrogens is 3. The van der Waals surface area contributed by atoms with Crippen molar-refractivity contribution in [3.8, 4) is 22.6 Å². The topological polar surface area (TPSA) is 45.2 Å². The van der Waals surface area contributed by atoms with Gasteiger partial charge in [0.05, 0.1) is 5.69 Å². The van der Waals surface area contributed by atoms with Gasteiger partial charge < -0.3 is 9.80 Å². The Morgan fingerprint density at radius 3 is 2.19 bits per heavy atom. The van der Waals surface area contributed by atoms with Crippen molar-refractivity contribution in [2.45, 2.75) is 0 Å². The van der Waals surface area contributed by atoms with E-state index >= 15 is 0 Å². The number of anilines is 2. The summed E-state index contributed by atoms with van der Waals surface area (Å²) in [5.41, 5.74) is 3.72. The second-order valence-electron chi connectivity index (χ2n) is 7.63. The number of piperazine rings is 1. The van der Waals surface area contributed by atoms with Crippen LogP contribution in [-0.2, 0) is 0 Å². The van der Waals surface area contributed by atoms with Crippen molar-refractivity contribution >= 4 is 23.1 Å². The molecule has 0 atom stereocenters. The maximum absolute atomic E-state index is 13.3. The van der Waals surface area contributed by atoms with Crippen molar-refractivity contribution in [1.82, 2.24) is 15.0 Å². The van der Waals surface area contributed by atoms with E-state index in [1.165, 1.54) is 12.1 Å². The van der Waals surface area contributed by atoms with Gasteiger partial charge in [0.25, 0.3) is 0 Å². The maximum Gasteiger partial charge on any atom is 0.163 e. The first-order valence-corrected chi connectivity index (χ1v) is 10.8. The molecule has 0 aliphatic carbocycles. The van der Waals surface area contributed by atoms with Gasteiger partial charge in [-0.25, -0.2) is 14.4 Å². The highest BCUT2D eigenvalue weighted by molar-refractivity contribution is 6.30. The van der Waals surface area contributed by atoms with Crippen LogP contribution < -0.4 is 9.80 Å². The molecule has 5 nitrogen and oxygen atoms in total. The van der Waals surface area contributed by atoms with Gasteiger partial charge in [0.15, 0.2) is 5.82 Å². The molecule has 7 heteroatoms. The third kappa shape index (κ3) is 4.41.